The van der Waals surface area contributed by atoms with Gasteiger partial charge in [-0.3, -0.25) is 14.5 Å². The van der Waals surface area contributed by atoms with Crippen molar-refractivity contribution in [1.82, 2.24) is 15.5 Å². The van der Waals surface area contributed by atoms with Crippen molar-refractivity contribution in [3.63, 3.8) is 0 Å². The Labute approximate surface area is 95.5 Å². The van der Waals surface area contributed by atoms with Crippen LogP contribution in [-0.4, -0.2) is 56.0 Å². The summed E-state index contributed by atoms with van der Waals surface area (Å²) < 4.78 is 0. The molecule has 0 aromatic rings. The summed E-state index contributed by atoms with van der Waals surface area (Å²) in [6.45, 7) is 5.57. The highest BCUT2D eigenvalue weighted by atomic mass is 16.2. The molecule has 6 heteroatoms. The second-order valence-electron chi connectivity index (χ2n) is 3.91. The minimum absolute atomic E-state index is 0.103. The molecule has 0 spiro atoms. The molecular weight excluding hydrogens is 208 g/mol. The Kier molecular flexibility index (Phi) is 5.81. The van der Waals surface area contributed by atoms with Crippen molar-refractivity contribution in [1.29, 1.82) is 0 Å². The first-order valence-electron chi connectivity index (χ1n) is 5.66. The Balaban J connectivity index is 2.01. The minimum atomic E-state index is -0.433. The van der Waals surface area contributed by atoms with Crippen molar-refractivity contribution >= 4 is 11.8 Å². The number of primary amides is 1. The zero-order valence-corrected chi connectivity index (χ0v) is 9.50. The van der Waals surface area contributed by atoms with Crippen molar-refractivity contribution < 1.29 is 9.59 Å². The van der Waals surface area contributed by atoms with E-state index < -0.39 is 5.91 Å². The first-order chi connectivity index (χ1) is 7.68. The molecule has 0 atom stereocenters. The number of nitrogens with two attached hydrogens (primary N) is 1. The van der Waals surface area contributed by atoms with Crippen LogP contribution in [0.1, 0.15) is 12.8 Å². The Morgan fingerprint density at radius 2 is 1.94 bits per heavy atom. The van der Waals surface area contributed by atoms with E-state index in [1.807, 2.05) is 0 Å². The number of piperazine rings is 1. The third-order valence-electron chi connectivity index (χ3n) is 2.56. The quantitative estimate of drug-likeness (QED) is 0.504. The van der Waals surface area contributed by atoms with Crippen LogP contribution in [-0.2, 0) is 9.59 Å². The molecule has 0 aliphatic carbocycles. The Hall–Kier alpha value is -1.14. The molecule has 2 amide bonds. The summed E-state index contributed by atoms with van der Waals surface area (Å²) in [5.74, 6) is -0.536. The van der Waals surface area contributed by atoms with Crippen LogP contribution >= 0.6 is 0 Å². The van der Waals surface area contributed by atoms with Gasteiger partial charge in [-0.2, -0.15) is 0 Å². The Morgan fingerprint density at radius 3 is 2.56 bits per heavy atom. The van der Waals surface area contributed by atoms with Crippen LogP contribution in [0.4, 0.5) is 0 Å². The minimum Gasteiger partial charge on any atom is -0.370 e. The largest absolute Gasteiger partial charge is 0.370 e. The van der Waals surface area contributed by atoms with Crippen LogP contribution in [0.5, 0.6) is 0 Å². The van der Waals surface area contributed by atoms with Crippen molar-refractivity contribution in [2.24, 2.45) is 5.73 Å². The van der Waals surface area contributed by atoms with Gasteiger partial charge in [0.05, 0.1) is 0 Å². The van der Waals surface area contributed by atoms with Gasteiger partial charge in [-0.25, -0.2) is 0 Å². The van der Waals surface area contributed by atoms with Crippen molar-refractivity contribution in [2.75, 3.05) is 39.3 Å². The number of amides is 2. The molecule has 1 aliphatic heterocycles. The molecule has 92 valence electrons. The summed E-state index contributed by atoms with van der Waals surface area (Å²) in [4.78, 5) is 24.0. The maximum absolute atomic E-state index is 11.2. The SMILES string of the molecule is NC(=O)CCC(=O)NCCN1CCNCC1. The molecule has 1 saturated heterocycles. The Bertz CT molecular complexity index is 239. The van der Waals surface area contributed by atoms with E-state index in [9.17, 15) is 9.59 Å². The van der Waals surface area contributed by atoms with Gasteiger partial charge in [-0.15, -0.1) is 0 Å². The average Bonchev–Trinajstić information content (AvgIpc) is 2.28. The van der Waals surface area contributed by atoms with Crippen LogP contribution in [0, 0.1) is 0 Å². The normalized spacial score (nSPS) is 17.0. The van der Waals surface area contributed by atoms with E-state index >= 15 is 0 Å². The average molecular weight is 228 g/mol. The fourth-order valence-electron chi connectivity index (χ4n) is 1.61. The van der Waals surface area contributed by atoms with Crippen LogP contribution in [0.2, 0.25) is 0 Å². The fourth-order valence-corrected chi connectivity index (χ4v) is 1.61. The predicted molar refractivity (Wildman–Crippen MR) is 60.7 cm³/mol. The van der Waals surface area contributed by atoms with Gasteiger partial charge in [-0.05, 0) is 0 Å². The number of hydrogen-bond acceptors (Lipinski definition) is 4. The van der Waals surface area contributed by atoms with E-state index in [2.05, 4.69) is 15.5 Å². The number of nitrogens with zero attached hydrogens (tertiary/aromatic N) is 1. The number of nitrogens with one attached hydrogen (secondary N) is 2. The molecule has 1 aliphatic rings. The van der Waals surface area contributed by atoms with Gasteiger partial charge >= 0.3 is 0 Å². The summed E-state index contributed by atoms with van der Waals surface area (Å²) in [6.07, 6.45) is 0.316. The molecule has 0 saturated carbocycles. The molecule has 4 N–H and O–H groups in total. The summed E-state index contributed by atoms with van der Waals surface area (Å²) in [7, 11) is 0. The smallest absolute Gasteiger partial charge is 0.220 e. The van der Waals surface area contributed by atoms with E-state index in [0.29, 0.717) is 6.54 Å². The first kappa shape index (κ1) is 12.9. The lowest BCUT2D eigenvalue weighted by Gasteiger charge is -2.27. The van der Waals surface area contributed by atoms with Gasteiger partial charge in [0.15, 0.2) is 0 Å². The molecular formula is C10H20N4O2. The molecule has 0 unspecified atom stereocenters. The lowest BCUT2D eigenvalue weighted by Crippen LogP contribution is -2.46. The number of rotatable bonds is 6. The molecule has 1 heterocycles. The number of carbonyl (C=O) groups is 2. The van der Waals surface area contributed by atoms with Crippen LogP contribution in [0.25, 0.3) is 0 Å². The third kappa shape index (κ3) is 5.67. The van der Waals surface area contributed by atoms with E-state index in [4.69, 9.17) is 5.73 Å². The van der Waals surface area contributed by atoms with Crippen LogP contribution < -0.4 is 16.4 Å². The second kappa shape index (κ2) is 7.19. The van der Waals surface area contributed by atoms with Crippen molar-refractivity contribution in [3.8, 4) is 0 Å². The first-order valence-corrected chi connectivity index (χ1v) is 5.66. The molecule has 16 heavy (non-hydrogen) atoms. The molecule has 0 aromatic heterocycles. The third-order valence-corrected chi connectivity index (χ3v) is 2.56. The molecule has 6 nitrogen and oxygen atoms in total. The van der Waals surface area contributed by atoms with E-state index in [1.54, 1.807) is 0 Å². The van der Waals surface area contributed by atoms with Gasteiger partial charge in [0.25, 0.3) is 0 Å². The lowest BCUT2D eigenvalue weighted by atomic mass is 10.3. The molecule has 0 bridgehead atoms. The summed E-state index contributed by atoms with van der Waals surface area (Å²) in [5.41, 5.74) is 4.95. The summed E-state index contributed by atoms with van der Waals surface area (Å²) in [5, 5.41) is 6.04. The molecule has 0 radical (unpaired) electrons. The van der Waals surface area contributed by atoms with Gasteiger partial charge in [0.1, 0.15) is 0 Å². The molecule has 1 fully saturated rings. The van der Waals surface area contributed by atoms with E-state index in [0.717, 1.165) is 32.7 Å². The van der Waals surface area contributed by atoms with Gasteiger partial charge in [0, 0.05) is 52.1 Å². The van der Waals surface area contributed by atoms with Crippen molar-refractivity contribution in [3.05, 3.63) is 0 Å². The summed E-state index contributed by atoms with van der Waals surface area (Å²) in [6, 6.07) is 0. The van der Waals surface area contributed by atoms with Gasteiger partial charge in [-0.1, -0.05) is 0 Å². The Morgan fingerprint density at radius 1 is 1.25 bits per heavy atom. The summed E-state index contributed by atoms with van der Waals surface area (Å²) >= 11 is 0. The highest BCUT2D eigenvalue weighted by Crippen LogP contribution is 1.91. The van der Waals surface area contributed by atoms with E-state index in [1.165, 1.54) is 0 Å². The number of hydrogen-bond donors (Lipinski definition) is 3. The van der Waals surface area contributed by atoms with Crippen LogP contribution in [0.3, 0.4) is 0 Å². The van der Waals surface area contributed by atoms with Gasteiger partial charge in [0.2, 0.25) is 11.8 Å². The van der Waals surface area contributed by atoms with E-state index in [-0.39, 0.29) is 18.7 Å². The lowest BCUT2D eigenvalue weighted by molar-refractivity contribution is -0.125. The highest BCUT2D eigenvalue weighted by molar-refractivity contribution is 5.82. The highest BCUT2D eigenvalue weighted by Gasteiger charge is 2.09. The molecule has 1 rings (SSSR count). The zero-order valence-electron chi connectivity index (χ0n) is 9.50. The topological polar surface area (TPSA) is 87.5 Å². The predicted octanol–water partition coefficient (Wildman–Crippen LogP) is -1.73. The zero-order chi connectivity index (χ0) is 11.8. The second-order valence-corrected chi connectivity index (χ2v) is 3.91. The van der Waals surface area contributed by atoms with Gasteiger partial charge < -0.3 is 16.4 Å². The fraction of sp³-hybridized carbons (Fsp3) is 0.800. The maximum Gasteiger partial charge on any atom is 0.220 e. The van der Waals surface area contributed by atoms with Crippen molar-refractivity contribution in [2.45, 2.75) is 12.8 Å². The monoisotopic (exact) mass is 228 g/mol. The van der Waals surface area contributed by atoms with Crippen LogP contribution in [0.15, 0.2) is 0 Å². The molecule has 0 aromatic carbocycles. The number of carbonyl (C=O) groups excluding carboxylic acids is 2. The maximum atomic E-state index is 11.2. The standard InChI is InChI=1S/C10H20N4O2/c11-9(15)1-2-10(16)13-5-8-14-6-3-12-4-7-14/h12H,1-8H2,(H2,11,15)(H,13,16).